The van der Waals surface area contributed by atoms with Gasteiger partial charge in [0.1, 0.15) is 4.90 Å². The fraction of sp³-hybridized carbons (Fsp3) is 0.294. The van der Waals surface area contributed by atoms with Crippen LogP contribution in [0.4, 0.5) is 13.2 Å². The van der Waals surface area contributed by atoms with Gasteiger partial charge < -0.3 is 4.90 Å². The van der Waals surface area contributed by atoms with Crippen molar-refractivity contribution in [3.8, 4) is 0 Å². The Bertz CT molecular complexity index is 827. The SMILES string of the molecule is CN(C)CCN(Cc1ccccc1)S(=O)(=O)c1ccc(F)c(F)c1F. The molecule has 0 amide bonds. The molecule has 0 unspecified atom stereocenters. The number of hydrogen-bond acceptors (Lipinski definition) is 3. The first-order valence-corrected chi connectivity index (χ1v) is 9.00. The molecule has 0 aromatic heterocycles. The first-order chi connectivity index (χ1) is 11.7. The number of likely N-dealkylation sites (N-methyl/N-ethyl adjacent to an activating group) is 1. The van der Waals surface area contributed by atoms with Crippen molar-refractivity contribution >= 4 is 10.0 Å². The Morgan fingerprint density at radius 2 is 1.52 bits per heavy atom. The minimum Gasteiger partial charge on any atom is -0.308 e. The minimum atomic E-state index is -4.34. The molecule has 0 N–H and O–H groups in total. The van der Waals surface area contributed by atoms with Crippen LogP contribution in [-0.2, 0) is 16.6 Å². The van der Waals surface area contributed by atoms with Gasteiger partial charge in [0.05, 0.1) is 0 Å². The molecule has 0 aliphatic rings. The highest BCUT2D eigenvalue weighted by molar-refractivity contribution is 7.89. The molecule has 0 radical (unpaired) electrons. The van der Waals surface area contributed by atoms with Crippen molar-refractivity contribution in [1.29, 1.82) is 0 Å². The second kappa shape index (κ2) is 7.99. The first-order valence-electron chi connectivity index (χ1n) is 7.56. The van der Waals surface area contributed by atoms with Crippen molar-refractivity contribution in [2.45, 2.75) is 11.4 Å². The van der Waals surface area contributed by atoms with Crippen LogP contribution in [0.2, 0.25) is 0 Å². The Kier molecular flexibility index (Phi) is 6.21. The van der Waals surface area contributed by atoms with E-state index in [-0.39, 0.29) is 13.1 Å². The van der Waals surface area contributed by atoms with Gasteiger partial charge in [0.25, 0.3) is 0 Å². The summed E-state index contributed by atoms with van der Waals surface area (Å²) in [4.78, 5) is 0.899. The van der Waals surface area contributed by atoms with Gasteiger partial charge in [-0.05, 0) is 31.8 Å². The van der Waals surface area contributed by atoms with Crippen LogP contribution >= 0.6 is 0 Å². The van der Waals surface area contributed by atoms with E-state index in [1.807, 2.05) is 0 Å². The first kappa shape index (κ1) is 19.4. The highest BCUT2D eigenvalue weighted by Crippen LogP contribution is 2.24. The van der Waals surface area contributed by atoms with Crippen molar-refractivity contribution in [2.75, 3.05) is 27.2 Å². The van der Waals surface area contributed by atoms with Crippen molar-refractivity contribution in [3.05, 3.63) is 65.5 Å². The summed E-state index contributed by atoms with van der Waals surface area (Å²) in [6.07, 6.45) is 0. The molecule has 0 saturated heterocycles. The monoisotopic (exact) mass is 372 g/mol. The van der Waals surface area contributed by atoms with E-state index in [1.54, 1.807) is 49.3 Å². The summed E-state index contributed by atoms with van der Waals surface area (Å²) in [7, 11) is -0.801. The summed E-state index contributed by atoms with van der Waals surface area (Å²) in [6, 6.07) is 10.1. The molecule has 0 aliphatic heterocycles. The van der Waals surface area contributed by atoms with Crippen LogP contribution in [0.25, 0.3) is 0 Å². The van der Waals surface area contributed by atoms with Gasteiger partial charge in [-0.15, -0.1) is 0 Å². The largest absolute Gasteiger partial charge is 0.308 e. The predicted molar refractivity (Wildman–Crippen MR) is 88.9 cm³/mol. The number of benzene rings is 2. The summed E-state index contributed by atoms with van der Waals surface area (Å²) >= 11 is 0. The molecular weight excluding hydrogens is 353 g/mol. The summed E-state index contributed by atoms with van der Waals surface area (Å²) < 4.78 is 67.3. The molecule has 2 rings (SSSR count). The van der Waals surface area contributed by atoms with Crippen LogP contribution in [0.15, 0.2) is 47.4 Å². The van der Waals surface area contributed by atoms with E-state index in [2.05, 4.69) is 0 Å². The Labute approximate surface area is 145 Å². The zero-order valence-electron chi connectivity index (χ0n) is 13.9. The Morgan fingerprint density at radius 1 is 0.880 bits per heavy atom. The standard InChI is InChI=1S/C17H19F3N2O2S/c1-21(2)10-11-22(12-13-6-4-3-5-7-13)25(23,24)15-9-8-14(18)16(19)17(15)20/h3-9H,10-12H2,1-2H3. The molecule has 4 nitrogen and oxygen atoms in total. The summed E-state index contributed by atoms with van der Waals surface area (Å²) in [6.45, 7) is 0.454. The second-order valence-electron chi connectivity index (χ2n) is 5.80. The lowest BCUT2D eigenvalue weighted by atomic mass is 10.2. The molecule has 2 aromatic rings. The molecule has 2 aromatic carbocycles. The van der Waals surface area contributed by atoms with Crippen LogP contribution in [0, 0.1) is 17.5 Å². The topological polar surface area (TPSA) is 40.6 Å². The highest BCUT2D eigenvalue weighted by atomic mass is 32.2. The summed E-state index contributed by atoms with van der Waals surface area (Å²) in [5.41, 5.74) is 0.702. The van der Waals surface area contributed by atoms with Gasteiger partial charge in [-0.2, -0.15) is 4.31 Å². The van der Waals surface area contributed by atoms with Gasteiger partial charge in [0.15, 0.2) is 17.5 Å². The number of nitrogens with zero attached hydrogens (tertiary/aromatic N) is 2. The van der Waals surface area contributed by atoms with Gasteiger partial charge in [0, 0.05) is 19.6 Å². The minimum absolute atomic E-state index is 0.00452. The van der Waals surface area contributed by atoms with E-state index in [1.165, 1.54) is 0 Å². The lowest BCUT2D eigenvalue weighted by Crippen LogP contribution is -2.36. The molecule has 136 valence electrons. The van der Waals surface area contributed by atoms with Crippen LogP contribution in [0.1, 0.15) is 5.56 Å². The maximum Gasteiger partial charge on any atom is 0.246 e. The van der Waals surface area contributed by atoms with E-state index in [4.69, 9.17) is 0 Å². The average Bonchev–Trinajstić information content (AvgIpc) is 2.57. The molecule has 0 atom stereocenters. The zero-order chi connectivity index (χ0) is 18.6. The van der Waals surface area contributed by atoms with Gasteiger partial charge in [-0.1, -0.05) is 30.3 Å². The lowest BCUT2D eigenvalue weighted by molar-refractivity contribution is 0.327. The predicted octanol–water partition coefficient (Wildman–Crippen LogP) is 2.86. The Morgan fingerprint density at radius 3 is 2.12 bits per heavy atom. The lowest BCUT2D eigenvalue weighted by Gasteiger charge is -2.24. The van der Waals surface area contributed by atoms with Gasteiger partial charge in [-0.25, -0.2) is 21.6 Å². The average molecular weight is 372 g/mol. The maximum absolute atomic E-state index is 14.0. The molecule has 0 spiro atoms. The Hall–Kier alpha value is -1.90. The molecule has 25 heavy (non-hydrogen) atoms. The van der Waals surface area contributed by atoms with Crippen molar-refractivity contribution < 1.29 is 21.6 Å². The summed E-state index contributed by atoms with van der Waals surface area (Å²) in [5, 5.41) is 0. The third-order valence-electron chi connectivity index (χ3n) is 3.62. The maximum atomic E-state index is 14.0. The molecule has 0 saturated carbocycles. The van der Waals surface area contributed by atoms with Crippen LogP contribution in [0.3, 0.4) is 0 Å². The molecule has 0 heterocycles. The van der Waals surface area contributed by atoms with Gasteiger partial charge in [0.2, 0.25) is 10.0 Å². The van der Waals surface area contributed by atoms with Crippen LogP contribution in [0.5, 0.6) is 0 Å². The molecule has 0 fully saturated rings. The molecule has 0 bridgehead atoms. The van der Waals surface area contributed by atoms with Crippen molar-refractivity contribution in [3.63, 3.8) is 0 Å². The number of halogens is 3. The van der Waals surface area contributed by atoms with Crippen LogP contribution < -0.4 is 0 Å². The van der Waals surface area contributed by atoms with Gasteiger partial charge >= 0.3 is 0 Å². The van der Waals surface area contributed by atoms with Gasteiger partial charge in [-0.3, -0.25) is 0 Å². The smallest absolute Gasteiger partial charge is 0.246 e. The normalized spacial score (nSPS) is 12.1. The highest BCUT2D eigenvalue weighted by Gasteiger charge is 2.30. The second-order valence-corrected chi connectivity index (χ2v) is 7.71. The van der Waals surface area contributed by atoms with Crippen LogP contribution in [-0.4, -0.2) is 44.8 Å². The molecule has 8 heteroatoms. The third-order valence-corrected chi connectivity index (χ3v) is 5.48. The van der Waals surface area contributed by atoms with E-state index in [0.29, 0.717) is 18.2 Å². The zero-order valence-corrected chi connectivity index (χ0v) is 14.7. The summed E-state index contributed by atoms with van der Waals surface area (Å²) in [5.74, 6) is -4.93. The Balaban J connectivity index is 2.42. The number of hydrogen-bond donors (Lipinski definition) is 0. The number of sulfonamides is 1. The quantitative estimate of drug-likeness (QED) is 0.702. The van der Waals surface area contributed by atoms with E-state index in [0.717, 1.165) is 10.4 Å². The molecular formula is C17H19F3N2O2S. The number of rotatable bonds is 7. The fourth-order valence-corrected chi connectivity index (χ4v) is 3.70. The molecule has 0 aliphatic carbocycles. The van der Waals surface area contributed by atoms with E-state index >= 15 is 0 Å². The van der Waals surface area contributed by atoms with Crippen molar-refractivity contribution in [2.24, 2.45) is 0 Å². The van der Waals surface area contributed by atoms with E-state index < -0.39 is 32.4 Å². The fourth-order valence-electron chi connectivity index (χ4n) is 2.23. The van der Waals surface area contributed by atoms with Crippen molar-refractivity contribution in [1.82, 2.24) is 9.21 Å². The third kappa shape index (κ3) is 4.59. The van der Waals surface area contributed by atoms with E-state index in [9.17, 15) is 21.6 Å².